The van der Waals surface area contributed by atoms with Gasteiger partial charge in [0.25, 0.3) is 0 Å². The number of fused-ring (bicyclic) bond motifs is 1. The zero-order valence-corrected chi connectivity index (χ0v) is 13.9. The zero-order chi connectivity index (χ0) is 17.5. The molecule has 0 aliphatic rings. The summed E-state index contributed by atoms with van der Waals surface area (Å²) in [6.07, 6.45) is 0.301. The fourth-order valence-electron chi connectivity index (χ4n) is 2.77. The number of carbonyl (C=O) groups excluding carboxylic acids is 1. The van der Waals surface area contributed by atoms with Crippen molar-refractivity contribution in [2.75, 3.05) is 11.9 Å². The van der Waals surface area contributed by atoms with Gasteiger partial charge in [-0.15, -0.1) is 0 Å². The van der Waals surface area contributed by atoms with Crippen LogP contribution < -0.4 is 5.32 Å². The lowest BCUT2D eigenvalue weighted by Gasteiger charge is -2.22. The van der Waals surface area contributed by atoms with E-state index in [1.54, 1.807) is 4.90 Å². The van der Waals surface area contributed by atoms with Crippen molar-refractivity contribution < 1.29 is 4.79 Å². The lowest BCUT2D eigenvalue weighted by Crippen LogP contribution is -2.35. The van der Waals surface area contributed by atoms with Gasteiger partial charge in [0.05, 0.1) is 18.2 Å². The summed E-state index contributed by atoms with van der Waals surface area (Å²) >= 11 is 0. The van der Waals surface area contributed by atoms with Crippen molar-refractivity contribution >= 4 is 22.5 Å². The third-order valence-electron chi connectivity index (χ3n) is 4.03. The van der Waals surface area contributed by atoms with E-state index in [2.05, 4.69) is 11.4 Å². The van der Waals surface area contributed by atoms with Crippen molar-refractivity contribution in [1.29, 1.82) is 5.26 Å². The van der Waals surface area contributed by atoms with Crippen molar-refractivity contribution in [2.45, 2.75) is 13.0 Å². The van der Waals surface area contributed by atoms with E-state index in [0.29, 0.717) is 19.5 Å². The van der Waals surface area contributed by atoms with Crippen molar-refractivity contribution in [1.82, 2.24) is 4.90 Å². The summed E-state index contributed by atoms with van der Waals surface area (Å²) in [5, 5.41) is 14.0. The van der Waals surface area contributed by atoms with Crippen LogP contribution in [0.3, 0.4) is 0 Å². The molecule has 0 aliphatic carbocycles. The molecule has 0 aromatic heterocycles. The van der Waals surface area contributed by atoms with E-state index >= 15 is 0 Å². The molecule has 3 rings (SSSR count). The van der Waals surface area contributed by atoms with E-state index < -0.39 is 0 Å². The van der Waals surface area contributed by atoms with Gasteiger partial charge in [-0.2, -0.15) is 5.26 Å². The number of hydrogen-bond acceptors (Lipinski definition) is 2. The largest absolute Gasteiger partial charge is 0.322 e. The Morgan fingerprint density at radius 1 is 0.960 bits per heavy atom. The molecule has 0 fully saturated rings. The quantitative estimate of drug-likeness (QED) is 0.732. The zero-order valence-electron chi connectivity index (χ0n) is 13.9. The first-order valence-corrected chi connectivity index (χ1v) is 8.22. The Hall–Kier alpha value is -3.32. The molecule has 1 N–H and O–H groups in total. The molecule has 0 aliphatic heterocycles. The average molecular weight is 329 g/mol. The second-order valence-corrected chi connectivity index (χ2v) is 5.77. The van der Waals surface area contributed by atoms with Gasteiger partial charge in [-0.1, -0.05) is 66.7 Å². The molecule has 3 aromatic carbocycles. The highest BCUT2D eigenvalue weighted by Crippen LogP contribution is 2.23. The van der Waals surface area contributed by atoms with E-state index in [9.17, 15) is 4.79 Å². The number of anilines is 1. The molecule has 0 saturated heterocycles. The molecule has 0 bridgehead atoms. The van der Waals surface area contributed by atoms with Crippen LogP contribution in [-0.4, -0.2) is 17.5 Å². The Bertz CT molecular complexity index is 894. The van der Waals surface area contributed by atoms with Gasteiger partial charge in [-0.05, 0) is 17.0 Å². The molecule has 0 heterocycles. The highest BCUT2D eigenvalue weighted by molar-refractivity contribution is 6.01. The molecule has 0 saturated carbocycles. The highest BCUT2D eigenvalue weighted by atomic mass is 16.2. The van der Waals surface area contributed by atoms with Crippen LogP contribution >= 0.6 is 0 Å². The fraction of sp³-hybridized carbons (Fsp3) is 0.143. The lowest BCUT2D eigenvalue weighted by molar-refractivity contribution is 0.210. The SMILES string of the molecule is N#CCCN(Cc1ccccc1)C(=O)Nc1cccc2ccccc12. The monoisotopic (exact) mass is 329 g/mol. The molecule has 25 heavy (non-hydrogen) atoms. The number of nitriles is 1. The summed E-state index contributed by atoms with van der Waals surface area (Å²) in [4.78, 5) is 14.4. The Kier molecular flexibility index (Phi) is 5.28. The average Bonchev–Trinajstić information content (AvgIpc) is 2.66. The first-order chi connectivity index (χ1) is 12.3. The van der Waals surface area contributed by atoms with E-state index in [1.165, 1.54) is 0 Å². The number of carbonyl (C=O) groups is 1. The third-order valence-corrected chi connectivity index (χ3v) is 4.03. The van der Waals surface area contributed by atoms with Gasteiger partial charge in [0.2, 0.25) is 0 Å². The van der Waals surface area contributed by atoms with Crippen LogP contribution in [0.5, 0.6) is 0 Å². The van der Waals surface area contributed by atoms with Gasteiger partial charge in [0.1, 0.15) is 0 Å². The molecule has 0 unspecified atom stereocenters. The molecule has 2 amide bonds. The van der Waals surface area contributed by atoms with Crippen molar-refractivity contribution in [3.63, 3.8) is 0 Å². The first kappa shape index (κ1) is 16.5. The Labute approximate surface area is 147 Å². The summed E-state index contributed by atoms with van der Waals surface area (Å²) in [5.41, 5.74) is 1.81. The van der Waals surface area contributed by atoms with E-state index in [0.717, 1.165) is 22.0 Å². The Morgan fingerprint density at radius 3 is 2.48 bits per heavy atom. The lowest BCUT2D eigenvalue weighted by atomic mass is 10.1. The van der Waals surface area contributed by atoms with Gasteiger partial charge < -0.3 is 10.2 Å². The highest BCUT2D eigenvalue weighted by Gasteiger charge is 2.15. The summed E-state index contributed by atoms with van der Waals surface area (Å²) < 4.78 is 0. The van der Waals surface area contributed by atoms with Crippen LogP contribution in [0.25, 0.3) is 10.8 Å². The molecule has 0 radical (unpaired) electrons. The minimum atomic E-state index is -0.199. The smallest absolute Gasteiger partial charge is 0.319 e. The normalized spacial score (nSPS) is 10.2. The molecule has 4 nitrogen and oxygen atoms in total. The molecule has 4 heteroatoms. The van der Waals surface area contributed by atoms with Crippen molar-refractivity contribution in [3.05, 3.63) is 78.4 Å². The maximum absolute atomic E-state index is 12.8. The van der Waals surface area contributed by atoms with Crippen LogP contribution in [0.4, 0.5) is 10.5 Å². The van der Waals surface area contributed by atoms with E-state index in [4.69, 9.17) is 5.26 Å². The molecule has 0 spiro atoms. The van der Waals surface area contributed by atoms with Crippen LogP contribution in [0.2, 0.25) is 0 Å². The van der Waals surface area contributed by atoms with Gasteiger partial charge in [0.15, 0.2) is 0 Å². The van der Waals surface area contributed by atoms with E-state index in [1.807, 2.05) is 72.8 Å². The summed E-state index contributed by atoms with van der Waals surface area (Å²) in [6.45, 7) is 0.862. The maximum atomic E-state index is 12.8. The van der Waals surface area contributed by atoms with Crippen molar-refractivity contribution in [2.24, 2.45) is 0 Å². The van der Waals surface area contributed by atoms with Crippen LogP contribution in [-0.2, 0) is 6.54 Å². The molecular formula is C21H19N3O. The number of nitrogens with zero attached hydrogens (tertiary/aromatic N) is 2. The number of urea groups is 1. The Morgan fingerprint density at radius 2 is 1.68 bits per heavy atom. The number of amides is 2. The van der Waals surface area contributed by atoms with Gasteiger partial charge >= 0.3 is 6.03 Å². The van der Waals surface area contributed by atoms with Gasteiger partial charge in [-0.3, -0.25) is 0 Å². The van der Waals surface area contributed by atoms with Gasteiger partial charge in [0, 0.05) is 18.5 Å². The maximum Gasteiger partial charge on any atom is 0.322 e. The molecule has 3 aromatic rings. The molecular weight excluding hydrogens is 310 g/mol. The summed E-state index contributed by atoms with van der Waals surface area (Å²) in [7, 11) is 0. The third kappa shape index (κ3) is 4.15. The standard InChI is InChI=1S/C21H19N3O/c22-14-7-15-24(16-17-8-2-1-3-9-17)21(25)23-20-13-6-11-18-10-4-5-12-19(18)20/h1-6,8-13H,7,15-16H2,(H,23,25). The van der Waals surface area contributed by atoms with Gasteiger partial charge in [-0.25, -0.2) is 4.79 Å². The van der Waals surface area contributed by atoms with Crippen LogP contribution in [0.15, 0.2) is 72.8 Å². The number of benzene rings is 3. The second-order valence-electron chi connectivity index (χ2n) is 5.77. The molecule has 124 valence electrons. The minimum absolute atomic E-state index is 0.199. The first-order valence-electron chi connectivity index (χ1n) is 8.22. The molecule has 0 atom stereocenters. The van der Waals surface area contributed by atoms with Crippen LogP contribution in [0.1, 0.15) is 12.0 Å². The second kappa shape index (κ2) is 7.98. The predicted molar refractivity (Wildman–Crippen MR) is 100 cm³/mol. The van der Waals surface area contributed by atoms with Crippen LogP contribution in [0, 0.1) is 11.3 Å². The predicted octanol–water partition coefficient (Wildman–Crippen LogP) is 4.79. The fourth-order valence-corrected chi connectivity index (χ4v) is 2.77. The number of nitrogens with one attached hydrogen (secondary N) is 1. The number of rotatable bonds is 5. The summed E-state index contributed by atoms with van der Waals surface area (Å²) in [5.74, 6) is 0. The topological polar surface area (TPSA) is 56.1 Å². The minimum Gasteiger partial charge on any atom is -0.319 e. The number of hydrogen-bond donors (Lipinski definition) is 1. The summed E-state index contributed by atoms with van der Waals surface area (Å²) in [6, 6.07) is 25.5. The Balaban J connectivity index is 1.80. The van der Waals surface area contributed by atoms with E-state index in [-0.39, 0.29) is 6.03 Å². The van der Waals surface area contributed by atoms with Crippen molar-refractivity contribution in [3.8, 4) is 6.07 Å².